The zero-order valence-corrected chi connectivity index (χ0v) is 16.8. The van der Waals surface area contributed by atoms with E-state index in [1.807, 2.05) is 6.92 Å². The number of rotatable bonds is 7. The Morgan fingerprint density at radius 2 is 1.97 bits per heavy atom. The molecule has 0 aliphatic heterocycles. The largest absolute Gasteiger partial charge is 0.506 e. The van der Waals surface area contributed by atoms with Crippen molar-refractivity contribution in [3.8, 4) is 17.2 Å². The number of phenolic OH excluding ortho intramolecular Hbond substituents is 1. The molecule has 1 aromatic heterocycles. The quantitative estimate of drug-likeness (QED) is 0.410. The molecule has 30 heavy (non-hydrogen) atoms. The van der Waals surface area contributed by atoms with Gasteiger partial charge in [-0.05, 0) is 49.2 Å². The Labute approximate surface area is 173 Å². The summed E-state index contributed by atoms with van der Waals surface area (Å²) in [6, 6.07) is 11.5. The highest BCUT2D eigenvalue weighted by molar-refractivity contribution is 6.02. The number of para-hydroxylation sites is 1. The van der Waals surface area contributed by atoms with Crippen molar-refractivity contribution in [3.63, 3.8) is 0 Å². The van der Waals surface area contributed by atoms with Crippen LogP contribution in [0.1, 0.15) is 36.2 Å². The average Bonchev–Trinajstić information content (AvgIpc) is 2.74. The number of ether oxygens (including phenoxy) is 1. The molecule has 3 aromatic rings. The van der Waals surface area contributed by atoms with Gasteiger partial charge in [-0.1, -0.05) is 19.1 Å². The molecule has 8 nitrogen and oxygen atoms in total. The molecule has 0 aliphatic carbocycles. The van der Waals surface area contributed by atoms with Gasteiger partial charge in [-0.3, -0.25) is 9.59 Å². The van der Waals surface area contributed by atoms with Gasteiger partial charge in [0.2, 0.25) is 0 Å². The SMILES string of the molecule is CCCn1c(=O)c(C(=O)N/N=C/c2ccc(O)c(OCC)c2)c(O)c2ccccc21. The Hall–Kier alpha value is -3.81. The molecule has 156 valence electrons. The van der Waals surface area contributed by atoms with E-state index in [4.69, 9.17) is 4.74 Å². The van der Waals surface area contributed by atoms with Crippen molar-refractivity contribution in [3.05, 3.63) is 63.9 Å². The number of aryl methyl sites for hydroxylation is 1. The second-order valence-electron chi connectivity index (χ2n) is 6.56. The first-order valence-electron chi connectivity index (χ1n) is 9.61. The number of hydrogen-bond acceptors (Lipinski definition) is 6. The molecule has 8 heteroatoms. The number of pyridine rings is 1. The Kier molecular flexibility index (Phi) is 6.36. The van der Waals surface area contributed by atoms with E-state index in [1.165, 1.54) is 16.8 Å². The lowest BCUT2D eigenvalue weighted by molar-refractivity contribution is 0.0950. The molecule has 0 radical (unpaired) electrons. The van der Waals surface area contributed by atoms with Gasteiger partial charge in [0.25, 0.3) is 11.5 Å². The summed E-state index contributed by atoms with van der Waals surface area (Å²) in [4.78, 5) is 25.5. The number of fused-ring (bicyclic) bond motifs is 1. The zero-order valence-electron chi connectivity index (χ0n) is 16.8. The van der Waals surface area contributed by atoms with Crippen molar-refractivity contribution in [2.75, 3.05) is 6.61 Å². The van der Waals surface area contributed by atoms with Crippen molar-refractivity contribution in [1.82, 2.24) is 9.99 Å². The van der Waals surface area contributed by atoms with Crippen LogP contribution < -0.4 is 15.7 Å². The molecule has 0 saturated carbocycles. The molecule has 2 aromatic carbocycles. The summed E-state index contributed by atoms with van der Waals surface area (Å²) < 4.78 is 6.78. The van der Waals surface area contributed by atoms with Gasteiger partial charge >= 0.3 is 0 Å². The van der Waals surface area contributed by atoms with Gasteiger partial charge in [-0.25, -0.2) is 5.43 Å². The van der Waals surface area contributed by atoms with Crippen LogP contribution in [0.15, 0.2) is 52.4 Å². The van der Waals surface area contributed by atoms with Crippen molar-refractivity contribution < 1.29 is 19.7 Å². The number of benzene rings is 2. The van der Waals surface area contributed by atoms with Gasteiger partial charge < -0.3 is 19.5 Å². The number of amides is 1. The molecule has 1 heterocycles. The summed E-state index contributed by atoms with van der Waals surface area (Å²) in [5, 5.41) is 24.6. The summed E-state index contributed by atoms with van der Waals surface area (Å²) in [6.45, 7) is 4.51. The Morgan fingerprint density at radius 3 is 2.70 bits per heavy atom. The maximum Gasteiger partial charge on any atom is 0.280 e. The number of nitrogens with zero attached hydrogens (tertiary/aromatic N) is 2. The van der Waals surface area contributed by atoms with Crippen LogP contribution in [-0.2, 0) is 6.54 Å². The normalized spacial score (nSPS) is 11.1. The summed E-state index contributed by atoms with van der Waals surface area (Å²) in [7, 11) is 0. The standard InChI is InChI=1S/C22H23N3O5/c1-3-11-25-16-8-6-5-7-15(16)20(27)19(22(25)29)21(28)24-23-13-14-9-10-17(26)18(12-14)30-4-2/h5-10,12-13,26-27H,3-4,11H2,1-2H3,(H,24,28)/b23-13+. The maximum absolute atomic E-state index is 12.9. The van der Waals surface area contributed by atoms with Crippen molar-refractivity contribution >= 4 is 23.0 Å². The molecule has 3 rings (SSSR count). The van der Waals surface area contributed by atoms with Crippen LogP contribution >= 0.6 is 0 Å². The first kappa shape index (κ1) is 20.9. The van der Waals surface area contributed by atoms with E-state index in [2.05, 4.69) is 10.5 Å². The van der Waals surface area contributed by atoms with Gasteiger partial charge in [0.1, 0.15) is 11.3 Å². The molecule has 3 N–H and O–H groups in total. The lowest BCUT2D eigenvalue weighted by atomic mass is 10.1. The predicted molar refractivity (Wildman–Crippen MR) is 114 cm³/mol. The summed E-state index contributed by atoms with van der Waals surface area (Å²) in [6.07, 6.45) is 2.04. The summed E-state index contributed by atoms with van der Waals surface area (Å²) >= 11 is 0. The number of carbonyl (C=O) groups is 1. The second kappa shape index (κ2) is 9.13. The number of aromatic hydroxyl groups is 2. The number of phenols is 1. The first-order valence-corrected chi connectivity index (χ1v) is 9.61. The minimum absolute atomic E-state index is 0.00408. The number of nitrogens with one attached hydrogen (secondary N) is 1. The Balaban J connectivity index is 1.91. The maximum atomic E-state index is 12.9. The van der Waals surface area contributed by atoms with Crippen molar-refractivity contribution in [2.45, 2.75) is 26.8 Å². The fraction of sp³-hybridized carbons (Fsp3) is 0.227. The molecule has 0 bridgehead atoms. The van der Waals surface area contributed by atoms with Gasteiger partial charge in [0, 0.05) is 11.9 Å². The van der Waals surface area contributed by atoms with Crippen LogP contribution in [-0.4, -0.2) is 33.5 Å². The average molecular weight is 409 g/mol. The van der Waals surface area contributed by atoms with Crippen LogP contribution in [0.2, 0.25) is 0 Å². The lowest BCUT2D eigenvalue weighted by Crippen LogP contribution is -2.31. The predicted octanol–water partition coefficient (Wildman–Crippen LogP) is 2.99. The van der Waals surface area contributed by atoms with Crippen molar-refractivity contribution in [1.29, 1.82) is 0 Å². The molecule has 0 unspecified atom stereocenters. The van der Waals surface area contributed by atoms with Crippen LogP contribution in [0.5, 0.6) is 17.2 Å². The molecule has 0 atom stereocenters. The molecule has 0 fully saturated rings. The van der Waals surface area contributed by atoms with E-state index >= 15 is 0 Å². The number of carbonyl (C=O) groups excluding carboxylic acids is 1. The van der Waals surface area contributed by atoms with Crippen LogP contribution in [0.4, 0.5) is 0 Å². The van der Waals surface area contributed by atoms with Crippen LogP contribution in [0.3, 0.4) is 0 Å². The van der Waals surface area contributed by atoms with E-state index in [0.29, 0.717) is 41.8 Å². The molecule has 0 aliphatic rings. The van der Waals surface area contributed by atoms with Crippen LogP contribution in [0, 0.1) is 0 Å². The second-order valence-corrected chi connectivity index (χ2v) is 6.56. The third-order valence-electron chi connectivity index (χ3n) is 4.48. The fourth-order valence-electron chi connectivity index (χ4n) is 3.14. The third-order valence-corrected chi connectivity index (χ3v) is 4.48. The highest BCUT2D eigenvalue weighted by Crippen LogP contribution is 2.27. The number of hydrazone groups is 1. The highest BCUT2D eigenvalue weighted by atomic mass is 16.5. The molecular weight excluding hydrogens is 386 g/mol. The van der Waals surface area contributed by atoms with Gasteiger partial charge in [-0.2, -0.15) is 5.10 Å². The zero-order chi connectivity index (χ0) is 21.7. The smallest absolute Gasteiger partial charge is 0.280 e. The van der Waals surface area contributed by atoms with Crippen molar-refractivity contribution in [2.24, 2.45) is 5.10 Å². The molecule has 0 saturated heterocycles. The molecule has 1 amide bonds. The number of aromatic nitrogens is 1. The van der Waals surface area contributed by atoms with E-state index in [-0.39, 0.29) is 17.1 Å². The molecular formula is C22H23N3O5. The van der Waals surface area contributed by atoms with E-state index in [9.17, 15) is 19.8 Å². The van der Waals surface area contributed by atoms with Gasteiger partial charge in [0.15, 0.2) is 11.5 Å². The monoisotopic (exact) mass is 409 g/mol. The first-order chi connectivity index (χ1) is 14.5. The minimum atomic E-state index is -0.812. The molecule has 0 spiro atoms. The highest BCUT2D eigenvalue weighted by Gasteiger charge is 2.21. The topological polar surface area (TPSA) is 113 Å². The van der Waals surface area contributed by atoms with Gasteiger partial charge in [0.05, 0.1) is 18.3 Å². The Morgan fingerprint density at radius 1 is 1.20 bits per heavy atom. The van der Waals surface area contributed by atoms with Gasteiger partial charge in [-0.15, -0.1) is 0 Å². The minimum Gasteiger partial charge on any atom is -0.506 e. The fourth-order valence-corrected chi connectivity index (χ4v) is 3.14. The third kappa shape index (κ3) is 4.12. The van der Waals surface area contributed by atoms with E-state index in [1.54, 1.807) is 43.3 Å². The number of hydrogen-bond donors (Lipinski definition) is 3. The lowest BCUT2D eigenvalue weighted by Gasteiger charge is -2.13. The van der Waals surface area contributed by atoms with E-state index < -0.39 is 11.5 Å². The summed E-state index contributed by atoms with van der Waals surface area (Å²) in [5.74, 6) is -0.898. The van der Waals surface area contributed by atoms with Crippen LogP contribution in [0.25, 0.3) is 10.9 Å². The summed E-state index contributed by atoms with van der Waals surface area (Å²) in [5.41, 5.74) is 2.48. The van der Waals surface area contributed by atoms with E-state index in [0.717, 1.165) is 0 Å². The Bertz CT molecular complexity index is 1170.